The maximum Gasteiger partial charge on any atom is 0.250 e. The number of carbonyl (C=O) groups excluding carboxylic acids is 1. The van der Waals surface area contributed by atoms with Crippen molar-refractivity contribution in [2.75, 3.05) is 20.2 Å². The highest BCUT2D eigenvalue weighted by atomic mass is 35.5. The molecule has 2 aromatic rings. The van der Waals surface area contributed by atoms with E-state index in [0.29, 0.717) is 25.1 Å². The van der Waals surface area contributed by atoms with Crippen molar-refractivity contribution in [1.82, 2.24) is 20.0 Å². The lowest BCUT2D eigenvalue weighted by molar-refractivity contribution is -0.144. The van der Waals surface area contributed by atoms with Crippen LogP contribution in [0.4, 0.5) is 0 Å². The molecule has 2 heterocycles. The highest BCUT2D eigenvalue weighted by Crippen LogP contribution is 2.36. The molecule has 0 spiro atoms. The second kappa shape index (κ2) is 9.72. The van der Waals surface area contributed by atoms with Crippen molar-refractivity contribution < 1.29 is 9.53 Å². The minimum Gasteiger partial charge on any atom is -0.365 e. The van der Waals surface area contributed by atoms with E-state index in [1.165, 1.54) is 17.0 Å². The number of nitrogens with zero attached hydrogens (tertiary/aromatic N) is 3. The van der Waals surface area contributed by atoms with Crippen LogP contribution in [0.1, 0.15) is 48.6 Å². The molecule has 1 saturated carbocycles. The van der Waals surface area contributed by atoms with Gasteiger partial charge in [0.1, 0.15) is 6.10 Å². The molecule has 0 radical (unpaired) electrons. The minimum atomic E-state index is -0.400. The van der Waals surface area contributed by atoms with E-state index in [2.05, 4.69) is 35.3 Å². The van der Waals surface area contributed by atoms with Crippen LogP contribution in [0.15, 0.2) is 30.3 Å². The molecule has 0 bridgehead atoms. The van der Waals surface area contributed by atoms with Gasteiger partial charge in [0, 0.05) is 49.4 Å². The average molecular weight is 445 g/mol. The van der Waals surface area contributed by atoms with E-state index in [9.17, 15) is 4.79 Å². The fourth-order valence-corrected chi connectivity index (χ4v) is 5.17. The second-order valence-electron chi connectivity index (χ2n) is 8.96. The van der Waals surface area contributed by atoms with Crippen LogP contribution in [-0.4, -0.2) is 59.0 Å². The van der Waals surface area contributed by atoms with Crippen LogP contribution in [-0.2, 0) is 23.0 Å². The number of carbonyl (C=O) groups is 1. The zero-order chi connectivity index (χ0) is 22.0. The topological polar surface area (TPSA) is 59.4 Å². The number of likely N-dealkylation sites (N-methyl/N-ethyl adjacent to an activating group) is 1. The van der Waals surface area contributed by atoms with Gasteiger partial charge in [-0.2, -0.15) is 5.10 Å². The summed E-state index contributed by atoms with van der Waals surface area (Å²) in [6.07, 6.45) is 5.02. The van der Waals surface area contributed by atoms with Gasteiger partial charge in [-0.25, -0.2) is 0 Å². The van der Waals surface area contributed by atoms with Gasteiger partial charge in [-0.3, -0.25) is 14.4 Å². The quantitative estimate of drug-likeness (QED) is 0.767. The summed E-state index contributed by atoms with van der Waals surface area (Å²) in [5.74, 6) is 0.495. The maximum atomic E-state index is 12.3. The molecular weight excluding hydrogens is 412 g/mol. The predicted octanol–water partition coefficient (Wildman–Crippen LogP) is 3.47. The van der Waals surface area contributed by atoms with E-state index in [-0.39, 0.29) is 11.9 Å². The first kappa shape index (κ1) is 22.3. The summed E-state index contributed by atoms with van der Waals surface area (Å²) < 4.78 is 7.95. The summed E-state index contributed by atoms with van der Waals surface area (Å²) in [5.41, 5.74) is 3.68. The van der Waals surface area contributed by atoms with Gasteiger partial charge in [0.15, 0.2) is 0 Å². The van der Waals surface area contributed by atoms with Crippen LogP contribution in [0.3, 0.4) is 0 Å². The summed E-state index contributed by atoms with van der Waals surface area (Å²) in [6.45, 7) is 3.33. The third-order valence-electron chi connectivity index (χ3n) is 6.98. The lowest BCUT2D eigenvalue weighted by Gasteiger charge is -2.45. The number of ether oxygens (including phenoxy) is 1. The third kappa shape index (κ3) is 5.13. The van der Waals surface area contributed by atoms with Crippen molar-refractivity contribution >= 4 is 17.5 Å². The first-order chi connectivity index (χ1) is 14.9. The molecule has 7 heteroatoms. The SMILES string of the molecule is CNC(=O)[C@H]1CN(C2CCC(c3cc(C)n(C)n3)CC2)[C@@H](Cc2ccc(Cl)cc2)CO1. The normalized spacial score (nSPS) is 27.2. The summed E-state index contributed by atoms with van der Waals surface area (Å²) >= 11 is 6.06. The lowest BCUT2D eigenvalue weighted by atomic mass is 9.82. The van der Waals surface area contributed by atoms with Crippen molar-refractivity contribution in [1.29, 1.82) is 0 Å². The van der Waals surface area contributed by atoms with Crippen molar-refractivity contribution in [2.45, 2.75) is 63.1 Å². The molecule has 1 amide bonds. The van der Waals surface area contributed by atoms with Gasteiger partial charge in [0.2, 0.25) is 5.91 Å². The molecule has 2 aliphatic rings. The Morgan fingerprint density at radius 1 is 1.23 bits per heavy atom. The molecule has 1 aromatic heterocycles. The predicted molar refractivity (Wildman–Crippen MR) is 122 cm³/mol. The van der Waals surface area contributed by atoms with Crippen LogP contribution < -0.4 is 5.32 Å². The van der Waals surface area contributed by atoms with E-state index in [4.69, 9.17) is 21.4 Å². The Bertz CT molecular complexity index is 870. The van der Waals surface area contributed by atoms with Crippen LogP contribution in [0, 0.1) is 6.92 Å². The number of halogens is 1. The van der Waals surface area contributed by atoms with Crippen molar-refractivity contribution in [2.24, 2.45) is 7.05 Å². The van der Waals surface area contributed by atoms with Crippen LogP contribution in [0.5, 0.6) is 0 Å². The first-order valence-corrected chi connectivity index (χ1v) is 11.7. The first-order valence-electron chi connectivity index (χ1n) is 11.3. The number of amides is 1. The Kier molecular flexibility index (Phi) is 6.99. The van der Waals surface area contributed by atoms with Crippen LogP contribution >= 0.6 is 11.6 Å². The highest BCUT2D eigenvalue weighted by Gasteiger charge is 2.38. The van der Waals surface area contributed by atoms with Crippen molar-refractivity contribution in [3.05, 3.63) is 52.3 Å². The number of aromatic nitrogens is 2. The lowest BCUT2D eigenvalue weighted by Crippen LogP contribution is -2.58. The van der Waals surface area contributed by atoms with Gasteiger partial charge < -0.3 is 10.1 Å². The summed E-state index contributed by atoms with van der Waals surface area (Å²) in [5, 5.41) is 8.22. The molecule has 1 aliphatic heterocycles. The van der Waals surface area contributed by atoms with Gasteiger partial charge in [-0.15, -0.1) is 0 Å². The second-order valence-corrected chi connectivity index (χ2v) is 9.39. The van der Waals surface area contributed by atoms with E-state index >= 15 is 0 Å². The summed E-state index contributed by atoms with van der Waals surface area (Å²) in [6, 6.07) is 11.0. The van der Waals surface area contributed by atoms with Crippen LogP contribution in [0.25, 0.3) is 0 Å². The summed E-state index contributed by atoms with van der Waals surface area (Å²) in [4.78, 5) is 14.8. The van der Waals surface area contributed by atoms with Gasteiger partial charge in [-0.1, -0.05) is 23.7 Å². The minimum absolute atomic E-state index is 0.0346. The largest absolute Gasteiger partial charge is 0.365 e. The molecule has 4 rings (SSSR count). The number of hydrogen-bond donors (Lipinski definition) is 1. The van der Waals surface area contributed by atoms with Gasteiger partial charge in [0.25, 0.3) is 0 Å². The van der Waals surface area contributed by atoms with Crippen molar-refractivity contribution in [3.8, 4) is 0 Å². The fourth-order valence-electron chi connectivity index (χ4n) is 5.04. The number of benzene rings is 1. The number of nitrogens with one attached hydrogen (secondary N) is 1. The Morgan fingerprint density at radius 2 is 1.94 bits per heavy atom. The van der Waals surface area contributed by atoms with E-state index < -0.39 is 6.10 Å². The number of rotatable bonds is 5. The third-order valence-corrected chi connectivity index (χ3v) is 7.23. The fraction of sp³-hybridized carbons (Fsp3) is 0.583. The standard InChI is InChI=1S/C24H33ClN4O2/c1-16-12-22(27-28(16)3)18-6-10-20(11-7-18)29-14-23(24(30)26-2)31-15-21(29)13-17-4-8-19(25)9-5-17/h4-5,8-9,12,18,20-21,23H,6-7,10-11,13-15H2,1-3H3,(H,26,30)/t18?,20?,21-,23+/m0/s1. The number of morpholine rings is 1. The maximum absolute atomic E-state index is 12.3. The molecule has 2 fully saturated rings. The van der Waals surface area contributed by atoms with Crippen molar-refractivity contribution in [3.63, 3.8) is 0 Å². The molecular formula is C24H33ClN4O2. The van der Waals surface area contributed by atoms with E-state index in [1.54, 1.807) is 7.05 Å². The van der Waals surface area contributed by atoms with E-state index in [0.717, 1.165) is 37.1 Å². The monoisotopic (exact) mass is 444 g/mol. The van der Waals surface area contributed by atoms with E-state index in [1.807, 2.05) is 23.9 Å². The average Bonchev–Trinajstić information content (AvgIpc) is 3.13. The number of hydrogen-bond acceptors (Lipinski definition) is 4. The molecule has 1 saturated heterocycles. The molecule has 31 heavy (non-hydrogen) atoms. The smallest absolute Gasteiger partial charge is 0.250 e. The van der Waals surface area contributed by atoms with Gasteiger partial charge >= 0.3 is 0 Å². The molecule has 6 nitrogen and oxygen atoms in total. The molecule has 2 atom stereocenters. The number of aryl methyl sites for hydroxylation is 2. The molecule has 1 aliphatic carbocycles. The van der Waals surface area contributed by atoms with Crippen LogP contribution in [0.2, 0.25) is 5.02 Å². The zero-order valence-electron chi connectivity index (χ0n) is 18.7. The Balaban J connectivity index is 1.45. The Labute approximate surface area is 189 Å². The van der Waals surface area contributed by atoms with Gasteiger partial charge in [0.05, 0.1) is 12.3 Å². The molecule has 168 valence electrons. The summed E-state index contributed by atoms with van der Waals surface area (Å²) in [7, 11) is 3.69. The highest BCUT2D eigenvalue weighted by molar-refractivity contribution is 6.30. The van der Waals surface area contributed by atoms with Gasteiger partial charge in [-0.05, 0) is 62.8 Å². The zero-order valence-corrected chi connectivity index (χ0v) is 19.4. The molecule has 0 unspecified atom stereocenters. The Hall–Kier alpha value is -1.89. The molecule has 1 aromatic carbocycles. The Morgan fingerprint density at radius 3 is 2.55 bits per heavy atom. The molecule has 1 N–H and O–H groups in total.